The highest BCUT2D eigenvalue weighted by Crippen LogP contribution is 2.32. The number of nitrogens with one attached hydrogen (secondary N) is 1. The van der Waals surface area contributed by atoms with Crippen LogP contribution < -0.4 is 5.32 Å². The molecule has 1 atom stereocenters. The maximum absolute atomic E-state index is 12.6. The highest BCUT2D eigenvalue weighted by atomic mass is 35.5. The molecule has 23 heavy (non-hydrogen) atoms. The Balaban J connectivity index is 1.79. The minimum atomic E-state index is -0.595. The summed E-state index contributed by atoms with van der Waals surface area (Å²) in [5, 5.41) is 3.54. The molecule has 1 heterocycles. The van der Waals surface area contributed by atoms with E-state index in [2.05, 4.69) is 5.32 Å². The van der Waals surface area contributed by atoms with Crippen LogP contribution >= 0.6 is 11.6 Å². The molecule has 1 aliphatic rings. The number of nitrogens with zero attached hydrogens (tertiary/aromatic N) is 1. The first-order valence-corrected chi connectivity index (χ1v) is 7.76. The van der Waals surface area contributed by atoms with E-state index in [1.54, 1.807) is 19.2 Å². The molecule has 0 saturated heterocycles. The Labute approximate surface area is 140 Å². The van der Waals surface area contributed by atoms with Crippen molar-refractivity contribution in [2.75, 3.05) is 7.05 Å². The average Bonchev–Trinajstić information content (AvgIpc) is 2.80. The Bertz CT molecular complexity index is 788. The van der Waals surface area contributed by atoms with Crippen LogP contribution in [-0.2, 0) is 11.3 Å². The van der Waals surface area contributed by atoms with Gasteiger partial charge in [0.25, 0.3) is 5.91 Å². The van der Waals surface area contributed by atoms with Crippen LogP contribution in [0.2, 0.25) is 5.02 Å². The molecule has 0 aromatic heterocycles. The monoisotopic (exact) mass is 328 g/mol. The van der Waals surface area contributed by atoms with E-state index in [1.165, 1.54) is 4.90 Å². The van der Waals surface area contributed by atoms with Gasteiger partial charge in [-0.2, -0.15) is 0 Å². The molecule has 1 aliphatic heterocycles. The summed E-state index contributed by atoms with van der Waals surface area (Å²) < 4.78 is 0. The molecule has 2 aromatic rings. The summed E-state index contributed by atoms with van der Waals surface area (Å²) in [5.41, 5.74) is 3.16. The lowest BCUT2D eigenvalue weighted by atomic mass is 10.0. The van der Waals surface area contributed by atoms with E-state index in [4.69, 9.17) is 11.6 Å². The second kappa shape index (κ2) is 6.05. The molecule has 1 unspecified atom stereocenters. The van der Waals surface area contributed by atoms with Crippen molar-refractivity contribution in [2.24, 2.45) is 0 Å². The molecule has 4 nitrogen and oxygen atoms in total. The Hall–Kier alpha value is -2.33. The first kappa shape index (κ1) is 15.6. The van der Waals surface area contributed by atoms with Gasteiger partial charge in [-0.3, -0.25) is 9.59 Å². The van der Waals surface area contributed by atoms with Crippen molar-refractivity contribution in [3.05, 3.63) is 69.7 Å². The standard InChI is InChI=1S/C18H17ClN2O2/c1-11-6-5-7-12(15(11)19)10-20-17(22)16-13-8-3-4-9-14(13)18(23)21(16)2/h3-9,16H,10H2,1-2H3,(H,20,22). The van der Waals surface area contributed by atoms with Crippen LogP contribution in [0.15, 0.2) is 42.5 Å². The molecule has 0 spiro atoms. The summed E-state index contributed by atoms with van der Waals surface area (Å²) in [6, 6.07) is 12.3. The number of hydrogen-bond acceptors (Lipinski definition) is 2. The fourth-order valence-electron chi connectivity index (χ4n) is 2.89. The van der Waals surface area contributed by atoms with Gasteiger partial charge in [0.2, 0.25) is 5.91 Å². The van der Waals surface area contributed by atoms with Crippen molar-refractivity contribution >= 4 is 23.4 Å². The summed E-state index contributed by atoms with van der Waals surface area (Å²) in [5.74, 6) is -0.335. The number of rotatable bonds is 3. The van der Waals surface area contributed by atoms with Crippen LogP contribution in [0.1, 0.15) is 33.1 Å². The zero-order valence-electron chi connectivity index (χ0n) is 13.0. The molecule has 1 N–H and O–H groups in total. The first-order chi connectivity index (χ1) is 11.0. The van der Waals surface area contributed by atoms with Gasteiger partial charge in [-0.15, -0.1) is 0 Å². The average molecular weight is 329 g/mol. The van der Waals surface area contributed by atoms with Crippen LogP contribution in [-0.4, -0.2) is 23.8 Å². The molecule has 5 heteroatoms. The lowest BCUT2D eigenvalue weighted by Crippen LogP contribution is -2.36. The molecule has 2 amide bonds. The zero-order chi connectivity index (χ0) is 16.6. The van der Waals surface area contributed by atoms with E-state index in [0.29, 0.717) is 17.1 Å². The van der Waals surface area contributed by atoms with Gasteiger partial charge in [-0.1, -0.05) is 48.0 Å². The van der Waals surface area contributed by atoms with Crippen LogP contribution in [0.3, 0.4) is 0 Å². The Morgan fingerprint density at radius 1 is 1.22 bits per heavy atom. The quantitative estimate of drug-likeness (QED) is 0.941. The molecule has 0 fully saturated rings. The second-order valence-corrected chi connectivity index (χ2v) is 6.05. The van der Waals surface area contributed by atoms with Crippen LogP contribution in [0.4, 0.5) is 0 Å². The van der Waals surface area contributed by atoms with Gasteiger partial charge in [-0.25, -0.2) is 0 Å². The van der Waals surface area contributed by atoms with E-state index in [1.807, 2.05) is 37.3 Å². The van der Waals surface area contributed by atoms with Crippen molar-refractivity contribution in [3.63, 3.8) is 0 Å². The molecule has 0 radical (unpaired) electrons. The molecule has 0 saturated carbocycles. The smallest absolute Gasteiger partial charge is 0.254 e. The van der Waals surface area contributed by atoms with Gasteiger partial charge in [0.15, 0.2) is 0 Å². The number of likely N-dealkylation sites (N-methyl/N-ethyl adjacent to an activating group) is 1. The Morgan fingerprint density at radius 2 is 1.96 bits per heavy atom. The second-order valence-electron chi connectivity index (χ2n) is 5.67. The third-order valence-corrected chi connectivity index (χ3v) is 4.71. The van der Waals surface area contributed by atoms with Crippen molar-refractivity contribution in [2.45, 2.75) is 19.5 Å². The van der Waals surface area contributed by atoms with Crippen LogP contribution in [0.5, 0.6) is 0 Å². The van der Waals surface area contributed by atoms with Crippen molar-refractivity contribution in [1.82, 2.24) is 10.2 Å². The number of fused-ring (bicyclic) bond motifs is 1. The normalized spacial score (nSPS) is 16.4. The summed E-state index contributed by atoms with van der Waals surface area (Å²) in [6.07, 6.45) is 0. The maximum atomic E-state index is 12.6. The molecule has 0 aliphatic carbocycles. The maximum Gasteiger partial charge on any atom is 0.254 e. The molecule has 0 bridgehead atoms. The summed E-state index contributed by atoms with van der Waals surface area (Å²) in [6.45, 7) is 2.26. The van der Waals surface area contributed by atoms with Gasteiger partial charge in [0.1, 0.15) is 6.04 Å². The third kappa shape index (κ3) is 2.70. The van der Waals surface area contributed by atoms with Gasteiger partial charge in [0, 0.05) is 24.2 Å². The number of hydrogen-bond donors (Lipinski definition) is 1. The minimum Gasteiger partial charge on any atom is -0.350 e. The summed E-state index contributed by atoms with van der Waals surface area (Å²) in [7, 11) is 1.65. The highest BCUT2D eigenvalue weighted by molar-refractivity contribution is 6.32. The number of halogens is 1. The first-order valence-electron chi connectivity index (χ1n) is 7.38. The van der Waals surface area contributed by atoms with Gasteiger partial charge < -0.3 is 10.2 Å². The fraction of sp³-hybridized carbons (Fsp3) is 0.222. The van der Waals surface area contributed by atoms with Crippen LogP contribution in [0, 0.1) is 6.92 Å². The summed E-state index contributed by atoms with van der Waals surface area (Å²) in [4.78, 5) is 26.3. The van der Waals surface area contributed by atoms with E-state index in [0.717, 1.165) is 16.7 Å². The Kier molecular flexibility index (Phi) is 4.09. The number of carbonyl (C=O) groups is 2. The lowest BCUT2D eigenvalue weighted by molar-refractivity contribution is -0.125. The summed E-state index contributed by atoms with van der Waals surface area (Å²) >= 11 is 6.25. The van der Waals surface area contributed by atoms with Gasteiger partial charge >= 0.3 is 0 Å². The minimum absolute atomic E-state index is 0.130. The number of amides is 2. The largest absolute Gasteiger partial charge is 0.350 e. The van der Waals surface area contributed by atoms with E-state index in [9.17, 15) is 9.59 Å². The number of aryl methyl sites for hydroxylation is 1. The highest BCUT2D eigenvalue weighted by Gasteiger charge is 2.38. The molecule has 3 rings (SSSR count). The zero-order valence-corrected chi connectivity index (χ0v) is 13.7. The van der Waals surface area contributed by atoms with Gasteiger partial charge in [-0.05, 0) is 29.7 Å². The Morgan fingerprint density at radius 3 is 2.74 bits per heavy atom. The van der Waals surface area contributed by atoms with Crippen molar-refractivity contribution in [1.29, 1.82) is 0 Å². The third-order valence-electron chi connectivity index (χ3n) is 4.17. The number of benzene rings is 2. The SMILES string of the molecule is Cc1cccc(CNC(=O)C2c3ccccc3C(=O)N2C)c1Cl. The molecular weight excluding hydrogens is 312 g/mol. The molecule has 118 valence electrons. The molecule has 2 aromatic carbocycles. The van der Waals surface area contributed by atoms with Crippen LogP contribution in [0.25, 0.3) is 0 Å². The van der Waals surface area contributed by atoms with E-state index < -0.39 is 6.04 Å². The topological polar surface area (TPSA) is 49.4 Å². The van der Waals surface area contributed by atoms with E-state index >= 15 is 0 Å². The van der Waals surface area contributed by atoms with Crippen molar-refractivity contribution < 1.29 is 9.59 Å². The van der Waals surface area contributed by atoms with Gasteiger partial charge in [0.05, 0.1) is 0 Å². The predicted molar refractivity (Wildman–Crippen MR) is 89.3 cm³/mol. The number of carbonyl (C=O) groups excluding carboxylic acids is 2. The predicted octanol–water partition coefficient (Wildman–Crippen LogP) is 3.09. The lowest BCUT2D eigenvalue weighted by Gasteiger charge is -2.20. The molecular formula is C18H17ClN2O2. The fourth-order valence-corrected chi connectivity index (χ4v) is 3.08. The van der Waals surface area contributed by atoms with E-state index in [-0.39, 0.29) is 11.8 Å². The van der Waals surface area contributed by atoms with Crippen molar-refractivity contribution in [3.8, 4) is 0 Å².